The molecule has 0 amide bonds. The van der Waals surface area contributed by atoms with Gasteiger partial charge in [-0.25, -0.2) is 0 Å². The van der Waals surface area contributed by atoms with Crippen LogP contribution in [-0.2, 0) is 0 Å². The molecule has 0 spiro atoms. The number of rotatable bonds is 8. The van der Waals surface area contributed by atoms with Gasteiger partial charge in [-0.3, -0.25) is 4.90 Å². The smallest absolute Gasteiger partial charge is 0.0163 e. The Bertz CT molecular complexity index is 123. The largest absolute Gasteiger partial charge is 0.320 e. The molecule has 0 rings (SSSR count). The van der Waals surface area contributed by atoms with Gasteiger partial charge in [0.25, 0.3) is 0 Å². The minimum absolute atomic E-state index is 0.677. The number of likely N-dealkylation sites (N-methyl/N-ethyl adjacent to an activating group) is 1. The Hall–Kier alpha value is -0.340. The first-order valence-corrected chi connectivity index (χ1v) is 5.25. The van der Waals surface area contributed by atoms with Crippen molar-refractivity contribution in [3.8, 4) is 0 Å². The van der Waals surface area contributed by atoms with E-state index in [1.807, 2.05) is 13.1 Å². The van der Waals surface area contributed by atoms with E-state index in [1.165, 1.54) is 12.8 Å². The first-order valence-electron chi connectivity index (χ1n) is 5.25. The van der Waals surface area contributed by atoms with E-state index in [-0.39, 0.29) is 0 Å². The van der Waals surface area contributed by atoms with Crippen molar-refractivity contribution in [1.29, 1.82) is 0 Å². The fourth-order valence-electron chi connectivity index (χ4n) is 1.54. The van der Waals surface area contributed by atoms with Crippen molar-refractivity contribution in [3.63, 3.8) is 0 Å². The van der Waals surface area contributed by atoms with Crippen molar-refractivity contribution in [2.75, 3.05) is 26.7 Å². The third-order valence-corrected chi connectivity index (χ3v) is 2.44. The molecule has 1 atom stereocenters. The van der Waals surface area contributed by atoms with Gasteiger partial charge < -0.3 is 5.32 Å². The summed E-state index contributed by atoms with van der Waals surface area (Å²) in [6.07, 6.45) is 4.51. The lowest BCUT2D eigenvalue weighted by atomic mass is 10.1. The summed E-state index contributed by atoms with van der Waals surface area (Å²) >= 11 is 0. The zero-order chi connectivity index (χ0) is 10.1. The Morgan fingerprint density at radius 2 is 2.23 bits per heavy atom. The lowest BCUT2D eigenvalue weighted by Gasteiger charge is -2.26. The van der Waals surface area contributed by atoms with Crippen LogP contribution in [-0.4, -0.2) is 37.6 Å². The summed E-state index contributed by atoms with van der Waals surface area (Å²) in [6.45, 7) is 11.5. The highest BCUT2D eigenvalue weighted by molar-refractivity contribution is 4.76. The van der Waals surface area contributed by atoms with Gasteiger partial charge in [-0.2, -0.15) is 0 Å². The minimum atomic E-state index is 0.677. The van der Waals surface area contributed by atoms with Gasteiger partial charge in [-0.1, -0.05) is 13.0 Å². The molecule has 13 heavy (non-hydrogen) atoms. The molecule has 1 N–H and O–H groups in total. The predicted molar refractivity (Wildman–Crippen MR) is 60.1 cm³/mol. The van der Waals surface area contributed by atoms with E-state index in [1.54, 1.807) is 0 Å². The molecule has 0 saturated carbocycles. The van der Waals surface area contributed by atoms with Crippen LogP contribution < -0.4 is 5.32 Å². The van der Waals surface area contributed by atoms with Crippen LogP contribution in [0.5, 0.6) is 0 Å². The van der Waals surface area contributed by atoms with Crippen LogP contribution >= 0.6 is 0 Å². The second-order valence-corrected chi connectivity index (χ2v) is 3.47. The van der Waals surface area contributed by atoms with Gasteiger partial charge in [0.05, 0.1) is 0 Å². The zero-order valence-electron chi connectivity index (χ0n) is 9.34. The molecule has 78 valence electrons. The second kappa shape index (κ2) is 8.27. The molecule has 0 saturated heterocycles. The van der Waals surface area contributed by atoms with Crippen LogP contribution in [0.2, 0.25) is 0 Å². The van der Waals surface area contributed by atoms with Crippen LogP contribution in [0, 0.1) is 0 Å². The highest BCUT2D eigenvalue weighted by Crippen LogP contribution is 2.05. The van der Waals surface area contributed by atoms with Crippen molar-refractivity contribution in [1.82, 2.24) is 10.2 Å². The zero-order valence-corrected chi connectivity index (χ0v) is 9.34. The first-order chi connectivity index (χ1) is 6.26. The molecular weight excluding hydrogens is 160 g/mol. The maximum absolute atomic E-state index is 3.77. The summed E-state index contributed by atoms with van der Waals surface area (Å²) in [6, 6.07) is 0.677. The van der Waals surface area contributed by atoms with Crippen LogP contribution in [0.25, 0.3) is 0 Å². The Balaban J connectivity index is 3.63. The Labute approximate surface area is 83.0 Å². The Kier molecular flexibility index (Phi) is 8.05. The molecule has 0 aliphatic rings. The summed E-state index contributed by atoms with van der Waals surface area (Å²) in [5.74, 6) is 0. The summed E-state index contributed by atoms with van der Waals surface area (Å²) < 4.78 is 0. The molecule has 0 radical (unpaired) electrons. The van der Waals surface area contributed by atoms with Crippen LogP contribution in [0.3, 0.4) is 0 Å². The quantitative estimate of drug-likeness (QED) is 0.458. The summed E-state index contributed by atoms with van der Waals surface area (Å²) in [4.78, 5) is 2.45. The average molecular weight is 184 g/mol. The van der Waals surface area contributed by atoms with Gasteiger partial charge in [0.15, 0.2) is 0 Å². The second-order valence-electron chi connectivity index (χ2n) is 3.47. The van der Waals surface area contributed by atoms with Gasteiger partial charge in [0, 0.05) is 12.6 Å². The van der Waals surface area contributed by atoms with Gasteiger partial charge in [0.1, 0.15) is 0 Å². The molecule has 0 heterocycles. The molecular formula is C11H24N2. The van der Waals surface area contributed by atoms with Crippen LogP contribution in [0.15, 0.2) is 12.7 Å². The van der Waals surface area contributed by atoms with E-state index in [0.717, 1.165) is 19.6 Å². The normalized spacial score (nSPS) is 13.2. The van der Waals surface area contributed by atoms with Crippen molar-refractivity contribution >= 4 is 0 Å². The molecule has 2 nitrogen and oxygen atoms in total. The number of nitrogens with one attached hydrogen (secondary N) is 1. The average Bonchev–Trinajstić information content (AvgIpc) is 2.14. The minimum Gasteiger partial charge on any atom is -0.320 e. The fraction of sp³-hybridized carbons (Fsp3) is 0.818. The molecule has 2 heteroatoms. The van der Waals surface area contributed by atoms with Crippen molar-refractivity contribution in [3.05, 3.63) is 12.7 Å². The lowest BCUT2D eigenvalue weighted by Crippen LogP contribution is -2.33. The SMILES string of the molecule is C=CCN(CC)C(C)CCCNC. The maximum Gasteiger partial charge on any atom is 0.0163 e. The highest BCUT2D eigenvalue weighted by Gasteiger charge is 2.08. The summed E-state index contributed by atoms with van der Waals surface area (Å²) in [7, 11) is 2.01. The Morgan fingerprint density at radius 3 is 2.69 bits per heavy atom. The number of nitrogens with zero attached hydrogens (tertiary/aromatic N) is 1. The third kappa shape index (κ3) is 5.83. The molecule has 0 aromatic heterocycles. The molecule has 1 unspecified atom stereocenters. The molecule has 0 aliphatic carbocycles. The fourth-order valence-corrected chi connectivity index (χ4v) is 1.54. The topological polar surface area (TPSA) is 15.3 Å². The van der Waals surface area contributed by atoms with E-state index >= 15 is 0 Å². The standard InChI is InChI=1S/C11H24N2/c1-5-10-13(6-2)11(3)8-7-9-12-4/h5,11-12H,1,6-10H2,2-4H3. The molecule has 0 aromatic carbocycles. The highest BCUT2D eigenvalue weighted by atomic mass is 15.1. The summed E-state index contributed by atoms with van der Waals surface area (Å²) in [5, 5.41) is 3.17. The predicted octanol–water partition coefficient (Wildman–Crippen LogP) is 1.88. The van der Waals surface area contributed by atoms with Crippen molar-refractivity contribution in [2.24, 2.45) is 0 Å². The van der Waals surface area contributed by atoms with E-state index in [9.17, 15) is 0 Å². The van der Waals surface area contributed by atoms with Gasteiger partial charge >= 0.3 is 0 Å². The van der Waals surface area contributed by atoms with Gasteiger partial charge in [-0.15, -0.1) is 6.58 Å². The van der Waals surface area contributed by atoms with Gasteiger partial charge in [0.2, 0.25) is 0 Å². The van der Waals surface area contributed by atoms with E-state index in [4.69, 9.17) is 0 Å². The third-order valence-electron chi connectivity index (χ3n) is 2.44. The number of hydrogen-bond acceptors (Lipinski definition) is 2. The monoisotopic (exact) mass is 184 g/mol. The Morgan fingerprint density at radius 1 is 1.54 bits per heavy atom. The molecule has 0 bridgehead atoms. The molecule has 0 fully saturated rings. The van der Waals surface area contributed by atoms with Crippen LogP contribution in [0.4, 0.5) is 0 Å². The molecule has 0 aliphatic heterocycles. The number of hydrogen-bond donors (Lipinski definition) is 1. The first kappa shape index (κ1) is 12.7. The lowest BCUT2D eigenvalue weighted by molar-refractivity contribution is 0.229. The van der Waals surface area contributed by atoms with Crippen molar-refractivity contribution in [2.45, 2.75) is 32.7 Å². The van der Waals surface area contributed by atoms with E-state index < -0.39 is 0 Å². The van der Waals surface area contributed by atoms with Crippen LogP contribution in [0.1, 0.15) is 26.7 Å². The van der Waals surface area contributed by atoms with Gasteiger partial charge in [-0.05, 0) is 39.9 Å². The van der Waals surface area contributed by atoms with Crippen molar-refractivity contribution < 1.29 is 0 Å². The maximum atomic E-state index is 3.77. The van der Waals surface area contributed by atoms with E-state index in [2.05, 4.69) is 30.6 Å². The van der Waals surface area contributed by atoms with E-state index in [0.29, 0.717) is 6.04 Å². The molecule has 0 aromatic rings. The summed E-state index contributed by atoms with van der Waals surface area (Å²) in [5.41, 5.74) is 0.